The number of benzene rings is 1. The summed E-state index contributed by atoms with van der Waals surface area (Å²) < 4.78 is 0. The summed E-state index contributed by atoms with van der Waals surface area (Å²) in [4.78, 5) is 0. The molecule has 0 amide bonds. The minimum absolute atomic E-state index is 0.600. The molecule has 1 aliphatic heterocycles. The Morgan fingerprint density at radius 3 is 2.29 bits per heavy atom. The number of hydrazone groups is 1. The predicted molar refractivity (Wildman–Crippen MR) is 73.5 cm³/mol. The fourth-order valence-electron chi connectivity index (χ4n) is 2.11. The highest BCUT2D eigenvalue weighted by atomic mass is 15.4. The molecule has 0 spiro atoms. The summed E-state index contributed by atoms with van der Waals surface area (Å²) >= 11 is 0. The molecule has 0 aliphatic carbocycles. The van der Waals surface area contributed by atoms with Gasteiger partial charge in [0.2, 0.25) is 0 Å². The van der Waals surface area contributed by atoms with E-state index in [1.165, 1.54) is 30.4 Å². The summed E-state index contributed by atoms with van der Waals surface area (Å²) in [5.74, 6) is 0.600. The van der Waals surface area contributed by atoms with Crippen LogP contribution < -0.4 is 0 Å². The Bertz CT molecular complexity index is 359. The third-order valence-corrected chi connectivity index (χ3v) is 3.31. The molecule has 0 radical (unpaired) electrons. The molecule has 92 valence electrons. The second-order valence-electron chi connectivity index (χ2n) is 5.08. The Kier molecular flexibility index (Phi) is 4.18. The molecular weight excluding hydrogens is 208 g/mol. The van der Waals surface area contributed by atoms with Crippen LogP contribution in [0.1, 0.15) is 50.2 Å². The van der Waals surface area contributed by atoms with Crippen LogP contribution in [0.15, 0.2) is 29.4 Å². The minimum Gasteiger partial charge on any atom is -0.297 e. The van der Waals surface area contributed by atoms with E-state index >= 15 is 0 Å². The van der Waals surface area contributed by atoms with E-state index in [1.807, 2.05) is 6.21 Å². The molecule has 1 aromatic rings. The van der Waals surface area contributed by atoms with Gasteiger partial charge in [0, 0.05) is 13.1 Å². The zero-order chi connectivity index (χ0) is 12.1. The fraction of sp³-hybridized carbons (Fsp3) is 0.533. The molecule has 2 rings (SSSR count). The molecule has 17 heavy (non-hydrogen) atoms. The zero-order valence-corrected chi connectivity index (χ0v) is 10.9. The van der Waals surface area contributed by atoms with Gasteiger partial charge in [-0.2, -0.15) is 5.10 Å². The highest BCUT2D eigenvalue weighted by Crippen LogP contribution is 2.14. The van der Waals surface area contributed by atoms with Gasteiger partial charge in [-0.15, -0.1) is 0 Å². The maximum atomic E-state index is 4.54. The van der Waals surface area contributed by atoms with Crippen molar-refractivity contribution >= 4 is 6.21 Å². The van der Waals surface area contributed by atoms with Gasteiger partial charge in [0.1, 0.15) is 0 Å². The first-order valence-corrected chi connectivity index (χ1v) is 6.64. The smallest absolute Gasteiger partial charge is 0.0542 e. The topological polar surface area (TPSA) is 15.6 Å². The second-order valence-corrected chi connectivity index (χ2v) is 5.08. The lowest BCUT2D eigenvalue weighted by Crippen LogP contribution is -2.24. The lowest BCUT2D eigenvalue weighted by molar-refractivity contribution is 0.240. The third kappa shape index (κ3) is 3.58. The van der Waals surface area contributed by atoms with E-state index in [1.54, 1.807) is 0 Å². The van der Waals surface area contributed by atoms with E-state index in [-0.39, 0.29) is 0 Å². The summed E-state index contributed by atoms with van der Waals surface area (Å²) in [6.07, 6.45) is 5.90. The SMILES string of the molecule is CC(C)c1ccc(/C=N\N2CCCCC2)cc1. The Morgan fingerprint density at radius 1 is 1.06 bits per heavy atom. The molecule has 0 unspecified atom stereocenters. The van der Waals surface area contributed by atoms with E-state index in [0.717, 1.165) is 13.1 Å². The van der Waals surface area contributed by atoms with Crippen LogP contribution >= 0.6 is 0 Å². The van der Waals surface area contributed by atoms with Gasteiger partial charge in [-0.05, 0) is 36.3 Å². The highest BCUT2D eigenvalue weighted by molar-refractivity contribution is 5.79. The zero-order valence-electron chi connectivity index (χ0n) is 10.9. The maximum absolute atomic E-state index is 4.54. The van der Waals surface area contributed by atoms with E-state index in [0.29, 0.717) is 5.92 Å². The summed E-state index contributed by atoms with van der Waals surface area (Å²) in [6, 6.07) is 8.70. The highest BCUT2D eigenvalue weighted by Gasteiger charge is 2.06. The number of nitrogens with zero attached hydrogens (tertiary/aromatic N) is 2. The first-order chi connectivity index (χ1) is 8.25. The van der Waals surface area contributed by atoms with Gasteiger partial charge in [-0.1, -0.05) is 38.1 Å². The van der Waals surface area contributed by atoms with E-state index < -0.39 is 0 Å². The van der Waals surface area contributed by atoms with Crippen molar-refractivity contribution in [3.63, 3.8) is 0 Å². The molecule has 2 nitrogen and oxygen atoms in total. The molecular formula is C15H22N2. The number of hydrogen-bond donors (Lipinski definition) is 0. The molecule has 0 bridgehead atoms. The molecule has 1 aromatic carbocycles. The van der Waals surface area contributed by atoms with Gasteiger partial charge in [0.15, 0.2) is 0 Å². The van der Waals surface area contributed by atoms with E-state index in [9.17, 15) is 0 Å². The summed E-state index contributed by atoms with van der Waals surface area (Å²) in [7, 11) is 0. The molecule has 1 saturated heterocycles. The maximum Gasteiger partial charge on any atom is 0.0542 e. The number of hydrogen-bond acceptors (Lipinski definition) is 2. The van der Waals surface area contributed by atoms with Crippen LogP contribution in [0, 0.1) is 0 Å². The normalized spacial score (nSPS) is 17.0. The number of rotatable bonds is 3. The van der Waals surface area contributed by atoms with Crippen molar-refractivity contribution in [3.8, 4) is 0 Å². The largest absolute Gasteiger partial charge is 0.297 e. The number of piperidine rings is 1. The standard InChI is InChI=1S/C15H22N2/c1-13(2)15-8-6-14(7-9-15)12-16-17-10-4-3-5-11-17/h6-9,12-13H,3-5,10-11H2,1-2H3/b16-12-. The van der Waals surface area contributed by atoms with Gasteiger partial charge in [-0.3, -0.25) is 5.01 Å². The van der Waals surface area contributed by atoms with Crippen molar-refractivity contribution in [1.29, 1.82) is 0 Å². The van der Waals surface area contributed by atoms with Crippen molar-refractivity contribution in [1.82, 2.24) is 5.01 Å². The molecule has 0 N–H and O–H groups in total. The van der Waals surface area contributed by atoms with Gasteiger partial charge >= 0.3 is 0 Å². The first kappa shape index (κ1) is 12.2. The Labute approximate surface area is 104 Å². The second kappa shape index (κ2) is 5.85. The monoisotopic (exact) mass is 230 g/mol. The van der Waals surface area contributed by atoms with Crippen molar-refractivity contribution in [2.75, 3.05) is 13.1 Å². The van der Waals surface area contributed by atoms with Gasteiger partial charge in [0.05, 0.1) is 6.21 Å². The van der Waals surface area contributed by atoms with E-state index in [2.05, 4.69) is 48.2 Å². The molecule has 1 aliphatic rings. The molecule has 1 fully saturated rings. The molecule has 0 atom stereocenters. The average molecular weight is 230 g/mol. The van der Waals surface area contributed by atoms with Crippen LogP contribution in [0.3, 0.4) is 0 Å². The summed E-state index contributed by atoms with van der Waals surface area (Å²) in [5.41, 5.74) is 2.58. The van der Waals surface area contributed by atoms with Crippen LogP contribution in [-0.4, -0.2) is 24.3 Å². The van der Waals surface area contributed by atoms with Crippen molar-refractivity contribution in [2.45, 2.75) is 39.0 Å². The lowest BCUT2D eigenvalue weighted by atomic mass is 10.0. The van der Waals surface area contributed by atoms with Gasteiger partial charge < -0.3 is 0 Å². The van der Waals surface area contributed by atoms with Crippen LogP contribution in [0.5, 0.6) is 0 Å². The fourth-order valence-corrected chi connectivity index (χ4v) is 2.11. The van der Waals surface area contributed by atoms with Crippen molar-refractivity contribution in [3.05, 3.63) is 35.4 Å². The summed E-state index contributed by atoms with van der Waals surface area (Å²) in [6.45, 7) is 6.66. The van der Waals surface area contributed by atoms with Crippen LogP contribution in [0.2, 0.25) is 0 Å². The lowest BCUT2D eigenvalue weighted by Gasteiger charge is -2.23. The third-order valence-electron chi connectivity index (χ3n) is 3.31. The Morgan fingerprint density at radius 2 is 1.71 bits per heavy atom. The molecule has 0 aromatic heterocycles. The Hall–Kier alpha value is -1.31. The van der Waals surface area contributed by atoms with Crippen molar-refractivity contribution < 1.29 is 0 Å². The summed E-state index contributed by atoms with van der Waals surface area (Å²) in [5, 5.41) is 6.72. The quantitative estimate of drug-likeness (QED) is 0.724. The van der Waals surface area contributed by atoms with Crippen LogP contribution in [-0.2, 0) is 0 Å². The molecule has 1 heterocycles. The van der Waals surface area contributed by atoms with Crippen molar-refractivity contribution in [2.24, 2.45) is 5.10 Å². The van der Waals surface area contributed by atoms with Crippen LogP contribution in [0.25, 0.3) is 0 Å². The van der Waals surface area contributed by atoms with Gasteiger partial charge in [0.25, 0.3) is 0 Å². The van der Waals surface area contributed by atoms with Crippen LogP contribution in [0.4, 0.5) is 0 Å². The van der Waals surface area contributed by atoms with Gasteiger partial charge in [-0.25, -0.2) is 0 Å². The Balaban J connectivity index is 1.95. The molecule has 0 saturated carbocycles. The minimum atomic E-state index is 0.600. The molecule has 2 heteroatoms. The average Bonchev–Trinajstić information content (AvgIpc) is 2.38. The predicted octanol–water partition coefficient (Wildman–Crippen LogP) is 3.63. The first-order valence-electron chi connectivity index (χ1n) is 6.64. The van der Waals surface area contributed by atoms with E-state index in [4.69, 9.17) is 0 Å².